The predicted molar refractivity (Wildman–Crippen MR) is 77.6 cm³/mol. The number of anilines is 2. The third-order valence-corrected chi connectivity index (χ3v) is 3.40. The molecule has 106 valence electrons. The van der Waals surface area contributed by atoms with Crippen molar-refractivity contribution in [1.82, 2.24) is 9.97 Å². The van der Waals surface area contributed by atoms with Crippen molar-refractivity contribution in [2.24, 2.45) is 0 Å². The van der Waals surface area contributed by atoms with Gasteiger partial charge in [0.15, 0.2) is 0 Å². The zero-order valence-electron chi connectivity index (χ0n) is 11.9. The molecule has 0 unspecified atom stereocenters. The normalized spacial score (nSPS) is 16.3. The molecule has 0 aromatic carbocycles. The van der Waals surface area contributed by atoms with Crippen LogP contribution in [0.4, 0.5) is 11.8 Å². The molecule has 1 aromatic rings. The fourth-order valence-electron chi connectivity index (χ4n) is 2.43. The Morgan fingerprint density at radius 2 is 2.05 bits per heavy atom. The number of rotatable bonds is 6. The zero-order chi connectivity index (χ0) is 13.5. The number of nitrogens with one attached hydrogen (secondary N) is 2. The van der Waals surface area contributed by atoms with Gasteiger partial charge in [0.2, 0.25) is 5.95 Å². The van der Waals surface area contributed by atoms with Crippen LogP contribution in [-0.4, -0.2) is 36.3 Å². The van der Waals surface area contributed by atoms with Crippen molar-refractivity contribution in [3.8, 4) is 0 Å². The predicted octanol–water partition coefficient (Wildman–Crippen LogP) is 2.59. The van der Waals surface area contributed by atoms with Crippen molar-refractivity contribution in [2.45, 2.75) is 45.1 Å². The van der Waals surface area contributed by atoms with Gasteiger partial charge in [-0.3, -0.25) is 0 Å². The maximum Gasteiger partial charge on any atom is 0.225 e. The fourth-order valence-corrected chi connectivity index (χ4v) is 2.43. The van der Waals surface area contributed by atoms with E-state index in [9.17, 15) is 0 Å². The number of ether oxygens (including phenoxy) is 1. The van der Waals surface area contributed by atoms with Crippen LogP contribution < -0.4 is 10.6 Å². The first kappa shape index (κ1) is 14.1. The minimum absolute atomic E-state index is 0.530. The third-order valence-electron chi connectivity index (χ3n) is 3.40. The maximum atomic E-state index is 5.02. The minimum atomic E-state index is 0.530. The molecule has 0 atom stereocenters. The van der Waals surface area contributed by atoms with E-state index in [2.05, 4.69) is 20.6 Å². The second kappa shape index (κ2) is 7.28. The van der Waals surface area contributed by atoms with Gasteiger partial charge in [-0.05, 0) is 19.8 Å². The van der Waals surface area contributed by atoms with Crippen LogP contribution in [0, 0.1) is 6.92 Å². The van der Waals surface area contributed by atoms with Crippen LogP contribution in [0.2, 0.25) is 0 Å². The number of hydrogen-bond donors (Lipinski definition) is 2. The van der Waals surface area contributed by atoms with E-state index in [0.717, 1.165) is 24.0 Å². The Bertz CT molecular complexity index is 391. The van der Waals surface area contributed by atoms with Gasteiger partial charge in [0.05, 0.1) is 6.61 Å². The van der Waals surface area contributed by atoms with Crippen molar-refractivity contribution in [3.05, 3.63) is 11.8 Å². The van der Waals surface area contributed by atoms with E-state index in [0.29, 0.717) is 12.6 Å². The average Bonchev–Trinajstić information content (AvgIpc) is 2.39. The van der Waals surface area contributed by atoms with Crippen LogP contribution in [0.15, 0.2) is 6.07 Å². The lowest BCUT2D eigenvalue weighted by atomic mass is 9.96. The molecule has 1 aliphatic carbocycles. The van der Waals surface area contributed by atoms with Crippen molar-refractivity contribution in [3.63, 3.8) is 0 Å². The molecule has 0 spiro atoms. The molecule has 0 aliphatic heterocycles. The third kappa shape index (κ3) is 4.67. The van der Waals surface area contributed by atoms with Gasteiger partial charge in [-0.25, -0.2) is 4.98 Å². The fraction of sp³-hybridized carbons (Fsp3) is 0.714. The summed E-state index contributed by atoms with van der Waals surface area (Å²) in [6.45, 7) is 3.43. The highest BCUT2D eigenvalue weighted by molar-refractivity contribution is 5.42. The molecular formula is C14H24N4O. The molecule has 2 N–H and O–H groups in total. The van der Waals surface area contributed by atoms with Gasteiger partial charge < -0.3 is 15.4 Å². The number of nitrogens with zero attached hydrogens (tertiary/aromatic N) is 2. The summed E-state index contributed by atoms with van der Waals surface area (Å²) in [5, 5.41) is 6.71. The lowest BCUT2D eigenvalue weighted by Crippen LogP contribution is -2.24. The van der Waals surface area contributed by atoms with Crippen LogP contribution >= 0.6 is 0 Å². The number of hydrogen-bond acceptors (Lipinski definition) is 5. The topological polar surface area (TPSA) is 59.1 Å². The van der Waals surface area contributed by atoms with Crippen LogP contribution in [0.25, 0.3) is 0 Å². The number of methoxy groups -OCH3 is 1. The molecule has 1 aromatic heterocycles. The summed E-state index contributed by atoms with van der Waals surface area (Å²) in [5.74, 6) is 1.61. The molecule has 0 bridgehead atoms. The lowest BCUT2D eigenvalue weighted by Gasteiger charge is -2.23. The van der Waals surface area contributed by atoms with Crippen molar-refractivity contribution < 1.29 is 4.74 Å². The monoisotopic (exact) mass is 264 g/mol. The molecule has 1 aliphatic rings. The summed E-state index contributed by atoms with van der Waals surface area (Å²) in [6, 6.07) is 2.49. The Morgan fingerprint density at radius 3 is 2.79 bits per heavy atom. The number of aromatic nitrogens is 2. The summed E-state index contributed by atoms with van der Waals surface area (Å²) in [7, 11) is 1.70. The minimum Gasteiger partial charge on any atom is -0.383 e. The summed E-state index contributed by atoms with van der Waals surface area (Å²) >= 11 is 0. The van der Waals surface area contributed by atoms with E-state index in [-0.39, 0.29) is 0 Å². The smallest absolute Gasteiger partial charge is 0.225 e. The molecule has 0 saturated heterocycles. The number of aryl methyl sites for hydroxylation is 1. The Morgan fingerprint density at radius 1 is 1.26 bits per heavy atom. The highest BCUT2D eigenvalue weighted by Crippen LogP contribution is 2.20. The van der Waals surface area contributed by atoms with Crippen LogP contribution in [0.5, 0.6) is 0 Å². The van der Waals surface area contributed by atoms with E-state index >= 15 is 0 Å². The molecule has 1 heterocycles. The Labute approximate surface area is 115 Å². The van der Waals surface area contributed by atoms with Gasteiger partial charge in [0, 0.05) is 31.5 Å². The van der Waals surface area contributed by atoms with E-state index in [1.54, 1.807) is 7.11 Å². The van der Waals surface area contributed by atoms with Gasteiger partial charge >= 0.3 is 0 Å². The standard InChI is InChI=1S/C14H24N4O/c1-11-10-13(15-8-9-19-2)18-14(16-11)17-12-6-4-3-5-7-12/h10,12H,3-9H2,1-2H3,(H2,15,16,17,18). The lowest BCUT2D eigenvalue weighted by molar-refractivity contribution is 0.210. The maximum absolute atomic E-state index is 5.02. The molecule has 19 heavy (non-hydrogen) atoms. The van der Waals surface area contributed by atoms with E-state index in [1.807, 2.05) is 13.0 Å². The Kier molecular flexibility index (Phi) is 5.39. The van der Waals surface area contributed by atoms with Gasteiger partial charge in [-0.15, -0.1) is 0 Å². The molecule has 5 nitrogen and oxygen atoms in total. The van der Waals surface area contributed by atoms with Crippen molar-refractivity contribution >= 4 is 11.8 Å². The van der Waals surface area contributed by atoms with Gasteiger partial charge in [-0.2, -0.15) is 4.98 Å². The largest absolute Gasteiger partial charge is 0.383 e. The molecule has 0 amide bonds. The van der Waals surface area contributed by atoms with Crippen LogP contribution in [-0.2, 0) is 4.74 Å². The molecule has 2 rings (SSSR count). The van der Waals surface area contributed by atoms with Crippen LogP contribution in [0.1, 0.15) is 37.8 Å². The molecule has 5 heteroatoms. The quantitative estimate of drug-likeness (QED) is 0.773. The summed E-state index contributed by atoms with van der Waals surface area (Å²) in [5.41, 5.74) is 0.980. The van der Waals surface area contributed by atoms with Crippen LogP contribution in [0.3, 0.4) is 0 Å². The summed E-state index contributed by atoms with van der Waals surface area (Å²) in [6.07, 6.45) is 6.43. The Hall–Kier alpha value is -1.36. The highest BCUT2D eigenvalue weighted by atomic mass is 16.5. The van der Waals surface area contributed by atoms with E-state index in [1.165, 1.54) is 32.1 Å². The first-order valence-electron chi connectivity index (χ1n) is 7.13. The summed E-state index contributed by atoms with van der Waals surface area (Å²) < 4.78 is 5.02. The molecule has 0 radical (unpaired) electrons. The molecule has 1 fully saturated rings. The second-order valence-corrected chi connectivity index (χ2v) is 5.12. The average molecular weight is 264 g/mol. The Balaban J connectivity index is 1.95. The molecular weight excluding hydrogens is 240 g/mol. The van der Waals surface area contributed by atoms with E-state index in [4.69, 9.17) is 4.74 Å². The van der Waals surface area contributed by atoms with Crippen molar-refractivity contribution in [2.75, 3.05) is 30.9 Å². The molecule has 1 saturated carbocycles. The van der Waals surface area contributed by atoms with Gasteiger partial charge in [0.1, 0.15) is 5.82 Å². The van der Waals surface area contributed by atoms with E-state index < -0.39 is 0 Å². The first-order valence-corrected chi connectivity index (χ1v) is 7.13. The van der Waals surface area contributed by atoms with Gasteiger partial charge in [0.25, 0.3) is 0 Å². The second-order valence-electron chi connectivity index (χ2n) is 5.12. The SMILES string of the molecule is COCCNc1cc(C)nc(NC2CCCCC2)n1. The van der Waals surface area contributed by atoms with Crippen molar-refractivity contribution in [1.29, 1.82) is 0 Å². The zero-order valence-corrected chi connectivity index (χ0v) is 11.9. The summed E-state index contributed by atoms with van der Waals surface area (Å²) in [4.78, 5) is 8.97. The highest BCUT2D eigenvalue weighted by Gasteiger charge is 2.14. The first-order chi connectivity index (χ1) is 9.28. The van der Waals surface area contributed by atoms with Gasteiger partial charge in [-0.1, -0.05) is 19.3 Å².